The zero-order valence-electron chi connectivity index (χ0n) is 11.7. The summed E-state index contributed by atoms with van der Waals surface area (Å²) < 4.78 is 6.04. The highest BCUT2D eigenvalue weighted by Crippen LogP contribution is 2.27. The van der Waals surface area contributed by atoms with Gasteiger partial charge >= 0.3 is 0 Å². The van der Waals surface area contributed by atoms with Gasteiger partial charge in [-0.3, -0.25) is 10.1 Å². The van der Waals surface area contributed by atoms with Gasteiger partial charge in [-0.1, -0.05) is 18.2 Å². The Balaban J connectivity index is 1.86. The highest BCUT2D eigenvalue weighted by Gasteiger charge is 2.09. The topological polar surface area (TPSA) is 65.3 Å². The van der Waals surface area contributed by atoms with Crippen LogP contribution in [0.4, 0.5) is 5.69 Å². The average molecular weight is 312 g/mol. The molecule has 0 saturated carbocycles. The zero-order chi connectivity index (χ0) is 15.5. The number of nitro groups is 1. The maximum atomic E-state index is 10.8. The zero-order valence-corrected chi connectivity index (χ0v) is 12.5. The molecule has 0 aliphatic rings. The fourth-order valence-corrected chi connectivity index (χ4v) is 2.85. The lowest BCUT2D eigenvalue weighted by Crippen LogP contribution is -1.86. The average Bonchev–Trinajstić information content (AvgIpc) is 2.95. The lowest BCUT2D eigenvalue weighted by atomic mass is 10.2. The molecule has 5 nitrogen and oxygen atoms in total. The van der Waals surface area contributed by atoms with Gasteiger partial charge in [-0.15, -0.1) is 11.3 Å². The van der Waals surface area contributed by atoms with Gasteiger partial charge in [0.15, 0.2) is 0 Å². The Morgan fingerprint density at radius 1 is 1.18 bits per heavy atom. The second-order valence-electron chi connectivity index (χ2n) is 4.57. The Morgan fingerprint density at radius 3 is 2.64 bits per heavy atom. The number of fused-ring (bicyclic) bond motifs is 1. The van der Waals surface area contributed by atoms with Crippen molar-refractivity contribution in [3.05, 3.63) is 63.1 Å². The fraction of sp³-hybridized carbons (Fsp3) is 0.0625. The summed E-state index contributed by atoms with van der Waals surface area (Å²) in [4.78, 5) is 14.8. The molecule has 0 unspecified atom stereocenters. The quantitative estimate of drug-likeness (QED) is 0.529. The number of hydrogen-bond donors (Lipinski definition) is 0. The number of rotatable bonds is 4. The molecular weight excluding hydrogens is 300 g/mol. The SMILES string of the molecule is COc1ccc(/C=C/c2nc3cc([N+](=O)[O-])ccc3s2)cc1. The van der Waals surface area contributed by atoms with E-state index >= 15 is 0 Å². The first kappa shape index (κ1) is 14.2. The molecule has 0 atom stereocenters. The summed E-state index contributed by atoms with van der Waals surface area (Å²) in [6, 6.07) is 12.4. The first-order valence-corrected chi connectivity index (χ1v) is 7.34. The van der Waals surface area contributed by atoms with Crippen LogP contribution in [-0.2, 0) is 0 Å². The van der Waals surface area contributed by atoms with Gasteiger partial charge in [0.25, 0.3) is 5.69 Å². The number of nitro benzene ring substituents is 1. The third kappa shape index (κ3) is 2.96. The summed E-state index contributed by atoms with van der Waals surface area (Å²) in [6.07, 6.45) is 3.85. The Labute approximate surface area is 130 Å². The van der Waals surface area contributed by atoms with Gasteiger partial charge < -0.3 is 4.74 Å². The van der Waals surface area contributed by atoms with E-state index in [9.17, 15) is 10.1 Å². The highest BCUT2D eigenvalue weighted by molar-refractivity contribution is 7.19. The van der Waals surface area contributed by atoms with Gasteiger partial charge in [-0.2, -0.15) is 0 Å². The van der Waals surface area contributed by atoms with Crippen LogP contribution in [0.3, 0.4) is 0 Å². The molecule has 110 valence electrons. The van der Waals surface area contributed by atoms with Gasteiger partial charge in [-0.25, -0.2) is 4.98 Å². The first-order valence-electron chi connectivity index (χ1n) is 6.53. The summed E-state index contributed by atoms with van der Waals surface area (Å²) in [7, 11) is 1.63. The number of thiazole rings is 1. The number of methoxy groups -OCH3 is 1. The van der Waals surface area contributed by atoms with Crippen molar-refractivity contribution in [1.82, 2.24) is 4.98 Å². The molecule has 6 heteroatoms. The monoisotopic (exact) mass is 312 g/mol. The number of ether oxygens (including phenoxy) is 1. The van der Waals surface area contributed by atoms with Gasteiger partial charge in [0.05, 0.1) is 22.2 Å². The minimum atomic E-state index is -0.411. The Hall–Kier alpha value is -2.73. The highest BCUT2D eigenvalue weighted by atomic mass is 32.1. The standard InChI is InChI=1S/C16H12N2O3S/c1-21-13-6-2-11(3-7-13)4-9-16-17-14-10-12(18(19)20)5-8-15(14)22-16/h2-10H,1H3/b9-4+. The molecule has 0 fully saturated rings. The van der Waals surface area contributed by atoms with Crippen LogP contribution in [-0.4, -0.2) is 17.0 Å². The van der Waals surface area contributed by atoms with Crippen molar-refractivity contribution in [2.45, 2.75) is 0 Å². The molecule has 0 bridgehead atoms. The molecule has 3 rings (SSSR count). The van der Waals surface area contributed by atoms with E-state index in [4.69, 9.17) is 4.74 Å². The van der Waals surface area contributed by atoms with Crippen LogP contribution in [0.2, 0.25) is 0 Å². The van der Waals surface area contributed by atoms with Crippen LogP contribution < -0.4 is 4.74 Å². The molecule has 3 aromatic rings. The number of hydrogen-bond acceptors (Lipinski definition) is 5. The van der Waals surface area contributed by atoms with Gasteiger partial charge in [0, 0.05) is 12.1 Å². The minimum absolute atomic E-state index is 0.0588. The van der Waals surface area contributed by atoms with Crippen molar-refractivity contribution >= 4 is 39.4 Å². The lowest BCUT2D eigenvalue weighted by molar-refractivity contribution is -0.384. The summed E-state index contributed by atoms with van der Waals surface area (Å²) in [6.45, 7) is 0. The molecule has 1 aromatic heterocycles. The predicted octanol–water partition coefficient (Wildman–Crippen LogP) is 4.38. The maximum absolute atomic E-state index is 10.8. The molecular formula is C16H12N2O3S. The Bertz CT molecular complexity index is 853. The van der Waals surface area contributed by atoms with Crippen molar-refractivity contribution in [3.8, 4) is 5.75 Å². The third-order valence-electron chi connectivity index (χ3n) is 3.13. The molecule has 0 aliphatic carbocycles. The van der Waals surface area contributed by atoms with E-state index < -0.39 is 4.92 Å². The van der Waals surface area contributed by atoms with Crippen molar-refractivity contribution in [2.24, 2.45) is 0 Å². The van der Waals surface area contributed by atoms with E-state index in [1.54, 1.807) is 13.2 Å². The van der Waals surface area contributed by atoms with Gasteiger partial charge in [-0.05, 0) is 29.8 Å². The van der Waals surface area contributed by atoms with Gasteiger partial charge in [0.2, 0.25) is 0 Å². The second-order valence-corrected chi connectivity index (χ2v) is 5.63. The van der Waals surface area contributed by atoms with Crippen molar-refractivity contribution in [1.29, 1.82) is 0 Å². The van der Waals surface area contributed by atoms with E-state index in [1.165, 1.54) is 23.5 Å². The van der Waals surface area contributed by atoms with Crippen LogP contribution in [0.1, 0.15) is 10.6 Å². The van der Waals surface area contributed by atoms with Crippen LogP contribution >= 0.6 is 11.3 Å². The van der Waals surface area contributed by atoms with Crippen LogP contribution in [0, 0.1) is 10.1 Å². The molecule has 0 radical (unpaired) electrons. The number of benzene rings is 2. The lowest BCUT2D eigenvalue weighted by Gasteiger charge is -1.98. The predicted molar refractivity (Wildman–Crippen MR) is 88.2 cm³/mol. The fourth-order valence-electron chi connectivity index (χ4n) is 2.00. The molecule has 0 saturated heterocycles. The third-order valence-corrected chi connectivity index (χ3v) is 4.13. The van der Waals surface area contributed by atoms with Crippen molar-refractivity contribution < 1.29 is 9.66 Å². The van der Waals surface area contributed by atoms with Crippen LogP contribution in [0.5, 0.6) is 5.75 Å². The first-order chi connectivity index (χ1) is 10.7. The molecule has 0 spiro atoms. The normalized spacial score (nSPS) is 11.1. The largest absolute Gasteiger partial charge is 0.497 e. The van der Waals surface area contributed by atoms with Crippen LogP contribution in [0.15, 0.2) is 42.5 Å². The van der Waals surface area contributed by atoms with Crippen LogP contribution in [0.25, 0.3) is 22.4 Å². The molecule has 0 N–H and O–H groups in total. The molecule has 0 aliphatic heterocycles. The number of nitrogens with zero attached hydrogens (tertiary/aromatic N) is 2. The summed E-state index contributed by atoms with van der Waals surface area (Å²) in [5.74, 6) is 0.810. The number of non-ortho nitro benzene ring substituents is 1. The second kappa shape index (κ2) is 5.95. The Morgan fingerprint density at radius 2 is 1.95 bits per heavy atom. The van der Waals surface area contributed by atoms with E-state index in [2.05, 4.69) is 4.98 Å². The summed E-state index contributed by atoms with van der Waals surface area (Å²) in [5.41, 5.74) is 1.74. The molecule has 1 heterocycles. The molecule has 2 aromatic carbocycles. The Kier molecular flexibility index (Phi) is 3.84. The molecule has 22 heavy (non-hydrogen) atoms. The van der Waals surface area contributed by atoms with E-state index in [-0.39, 0.29) is 5.69 Å². The summed E-state index contributed by atoms with van der Waals surface area (Å²) in [5, 5.41) is 11.6. The van der Waals surface area contributed by atoms with Gasteiger partial charge in [0.1, 0.15) is 10.8 Å². The minimum Gasteiger partial charge on any atom is -0.497 e. The maximum Gasteiger partial charge on any atom is 0.271 e. The van der Waals surface area contributed by atoms with E-state index in [0.717, 1.165) is 21.0 Å². The smallest absolute Gasteiger partial charge is 0.271 e. The van der Waals surface area contributed by atoms with E-state index in [1.807, 2.05) is 36.4 Å². The van der Waals surface area contributed by atoms with E-state index in [0.29, 0.717) is 5.52 Å². The number of aromatic nitrogens is 1. The summed E-state index contributed by atoms with van der Waals surface area (Å²) >= 11 is 1.50. The van der Waals surface area contributed by atoms with Crippen molar-refractivity contribution in [3.63, 3.8) is 0 Å². The molecule has 0 amide bonds. The van der Waals surface area contributed by atoms with Crippen molar-refractivity contribution in [2.75, 3.05) is 7.11 Å².